The molecule has 1 aliphatic heterocycles. The maximum atomic E-state index is 13.7. The molecule has 1 aromatic carbocycles. The standard InChI is InChI=1S/C22H28F2N6O2/c1-3-15(5-4-14(2)32-20-7-6-16(23)11-19(20)24)10-18(22(27)31)21(26)30(28)17-8-9-29(12-17)13-25/h4-7,11,15,17H,2-3,8-10,12,26,28H2,1H3,(H2,27,31)/b5-4-,21-18+. The number of halogens is 2. The van der Waals surface area contributed by atoms with Gasteiger partial charge >= 0.3 is 0 Å². The van der Waals surface area contributed by atoms with E-state index in [-0.39, 0.29) is 41.3 Å². The monoisotopic (exact) mass is 446 g/mol. The van der Waals surface area contributed by atoms with Gasteiger partial charge in [0.15, 0.2) is 17.8 Å². The molecule has 1 amide bonds. The van der Waals surface area contributed by atoms with E-state index in [2.05, 4.69) is 12.8 Å². The van der Waals surface area contributed by atoms with Crippen LogP contribution < -0.4 is 22.0 Å². The molecule has 10 heteroatoms. The number of ether oxygens (including phenoxy) is 1. The Labute approximate surface area is 186 Å². The average molecular weight is 447 g/mol. The minimum absolute atomic E-state index is 0.0672. The number of nitrogens with zero attached hydrogens (tertiary/aromatic N) is 3. The molecule has 2 atom stereocenters. The first-order valence-corrected chi connectivity index (χ1v) is 10.1. The van der Waals surface area contributed by atoms with E-state index in [1.54, 1.807) is 11.0 Å². The summed E-state index contributed by atoms with van der Waals surface area (Å²) >= 11 is 0. The molecule has 0 saturated carbocycles. The summed E-state index contributed by atoms with van der Waals surface area (Å²) in [5.74, 6) is 3.76. The van der Waals surface area contributed by atoms with Crippen LogP contribution in [0.2, 0.25) is 0 Å². The van der Waals surface area contributed by atoms with Crippen molar-refractivity contribution < 1.29 is 18.3 Å². The summed E-state index contributed by atoms with van der Waals surface area (Å²) in [4.78, 5) is 13.6. The molecule has 1 aliphatic rings. The fourth-order valence-corrected chi connectivity index (χ4v) is 3.33. The second kappa shape index (κ2) is 11.2. The van der Waals surface area contributed by atoms with Gasteiger partial charge in [-0.15, -0.1) is 0 Å². The van der Waals surface area contributed by atoms with Crippen LogP contribution in [0.3, 0.4) is 0 Å². The summed E-state index contributed by atoms with van der Waals surface area (Å²) in [5.41, 5.74) is 11.9. The summed E-state index contributed by atoms with van der Waals surface area (Å²) in [6.07, 6.45) is 6.82. The van der Waals surface area contributed by atoms with Gasteiger partial charge in [-0.1, -0.05) is 19.6 Å². The number of benzene rings is 1. The molecule has 1 fully saturated rings. The van der Waals surface area contributed by atoms with Gasteiger partial charge in [0.1, 0.15) is 17.4 Å². The van der Waals surface area contributed by atoms with Crippen molar-refractivity contribution in [2.75, 3.05) is 13.1 Å². The Kier molecular flexibility index (Phi) is 8.61. The number of primary amides is 1. The summed E-state index contributed by atoms with van der Waals surface area (Å²) < 4.78 is 32.1. The molecule has 8 nitrogen and oxygen atoms in total. The summed E-state index contributed by atoms with van der Waals surface area (Å²) in [6.45, 7) is 6.59. The largest absolute Gasteiger partial charge is 0.455 e. The van der Waals surface area contributed by atoms with E-state index in [0.29, 0.717) is 32.0 Å². The number of carbonyl (C=O) groups excluding carboxylic acids is 1. The Balaban J connectivity index is 2.09. The highest BCUT2D eigenvalue weighted by Crippen LogP contribution is 2.23. The van der Waals surface area contributed by atoms with Gasteiger partial charge in [-0.3, -0.25) is 9.80 Å². The number of nitrogens with two attached hydrogens (primary N) is 3. The number of hydrazine groups is 1. The van der Waals surface area contributed by atoms with Crippen molar-refractivity contribution in [2.24, 2.45) is 23.2 Å². The third kappa shape index (κ3) is 6.46. The van der Waals surface area contributed by atoms with Gasteiger partial charge in [-0.25, -0.2) is 14.6 Å². The van der Waals surface area contributed by atoms with Gasteiger partial charge in [-0.05, 0) is 43.4 Å². The van der Waals surface area contributed by atoms with Crippen molar-refractivity contribution in [3.05, 3.63) is 65.7 Å². The number of hydrogen-bond acceptors (Lipinski definition) is 7. The maximum absolute atomic E-state index is 13.7. The molecule has 0 bridgehead atoms. The van der Waals surface area contributed by atoms with E-state index in [0.717, 1.165) is 6.07 Å². The van der Waals surface area contributed by atoms with Gasteiger partial charge in [0, 0.05) is 12.6 Å². The lowest BCUT2D eigenvalue weighted by Gasteiger charge is -2.27. The minimum atomic E-state index is -0.844. The lowest BCUT2D eigenvalue weighted by Crippen LogP contribution is -2.46. The van der Waals surface area contributed by atoms with Crippen LogP contribution in [0.5, 0.6) is 5.75 Å². The highest BCUT2D eigenvalue weighted by molar-refractivity contribution is 5.92. The highest BCUT2D eigenvalue weighted by Gasteiger charge is 2.28. The average Bonchev–Trinajstić information content (AvgIpc) is 3.24. The first kappa shape index (κ1) is 24.7. The smallest absolute Gasteiger partial charge is 0.248 e. The number of nitriles is 1. The Morgan fingerprint density at radius 2 is 2.19 bits per heavy atom. The molecule has 0 spiro atoms. The second-order valence-corrected chi connectivity index (χ2v) is 7.50. The van der Waals surface area contributed by atoms with E-state index < -0.39 is 17.5 Å². The predicted molar refractivity (Wildman–Crippen MR) is 116 cm³/mol. The number of amides is 1. The number of likely N-dealkylation sites (tertiary alicyclic amines) is 1. The van der Waals surface area contributed by atoms with E-state index in [1.807, 2.05) is 6.92 Å². The fourth-order valence-electron chi connectivity index (χ4n) is 3.33. The van der Waals surface area contributed by atoms with Crippen LogP contribution in [0.25, 0.3) is 0 Å². The topological polar surface area (TPSA) is 135 Å². The number of hydrogen-bond donors (Lipinski definition) is 3. The summed E-state index contributed by atoms with van der Waals surface area (Å²) in [6, 6.07) is 2.75. The molecule has 1 aromatic rings. The quantitative estimate of drug-likeness (QED) is 0.125. The van der Waals surface area contributed by atoms with Gasteiger partial charge in [-0.2, -0.15) is 5.26 Å². The van der Waals surface area contributed by atoms with Gasteiger partial charge in [0.25, 0.3) is 0 Å². The predicted octanol–water partition coefficient (Wildman–Crippen LogP) is 2.22. The van der Waals surface area contributed by atoms with Crippen LogP contribution in [0.4, 0.5) is 8.78 Å². The summed E-state index contributed by atoms with van der Waals surface area (Å²) in [5, 5.41) is 10.3. The fraction of sp³-hybridized carbons (Fsp3) is 0.364. The molecule has 1 heterocycles. The van der Waals surface area contributed by atoms with Crippen LogP contribution in [0.15, 0.2) is 54.1 Å². The zero-order valence-corrected chi connectivity index (χ0v) is 17.9. The zero-order valence-electron chi connectivity index (χ0n) is 17.9. The number of rotatable bonds is 10. The third-order valence-electron chi connectivity index (χ3n) is 5.26. The Bertz CT molecular complexity index is 956. The molecule has 32 heavy (non-hydrogen) atoms. The number of allylic oxidation sites excluding steroid dienone is 2. The van der Waals surface area contributed by atoms with E-state index in [4.69, 9.17) is 27.3 Å². The maximum Gasteiger partial charge on any atom is 0.248 e. The van der Waals surface area contributed by atoms with E-state index >= 15 is 0 Å². The van der Waals surface area contributed by atoms with E-state index in [9.17, 15) is 13.6 Å². The molecule has 2 unspecified atom stereocenters. The van der Waals surface area contributed by atoms with E-state index in [1.165, 1.54) is 17.2 Å². The van der Waals surface area contributed by atoms with Crippen molar-refractivity contribution in [1.82, 2.24) is 9.91 Å². The minimum Gasteiger partial charge on any atom is -0.455 e. The van der Waals surface area contributed by atoms with Gasteiger partial charge in [0.2, 0.25) is 5.91 Å². The molecule has 6 N–H and O–H groups in total. The molecule has 172 valence electrons. The second-order valence-electron chi connectivity index (χ2n) is 7.50. The van der Waals surface area contributed by atoms with Gasteiger partial charge < -0.3 is 21.1 Å². The normalized spacial score (nSPS) is 17.6. The Morgan fingerprint density at radius 1 is 1.47 bits per heavy atom. The summed E-state index contributed by atoms with van der Waals surface area (Å²) in [7, 11) is 0. The van der Waals surface area contributed by atoms with Crippen LogP contribution >= 0.6 is 0 Å². The van der Waals surface area contributed by atoms with Gasteiger partial charge in [0.05, 0.1) is 18.2 Å². The van der Waals surface area contributed by atoms with Crippen LogP contribution in [0, 0.1) is 29.0 Å². The molecule has 2 rings (SSSR count). The SMILES string of the molecule is C=C(/C=C\C(CC)C/C(C(N)=O)=C(/N)N(N)C1CCN(C#N)C1)Oc1ccc(F)cc1F. The lowest BCUT2D eigenvalue weighted by atomic mass is 9.95. The molecule has 0 aliphatic carbocycles. The Hall–Kier alpha value is -3.58. The van der Waals surface area contributed by atoms with Crippen molar-refractivity contribution in [2.45, 2.75) is 32.2 Å². The highest BCUT2D eigenvalue weighted by atomic mass is 19.1. The lowest BCUT2D eigenvalue weighted by molar-refractivity contribution is -0.115. The molecular weight excluding hydrogens is 418 g/mol. The van der Waals surface area contributed by atoms with Crippen molar-refractivity contribution >= 4 is 5.91 Å². The molecule has 0 radical (unpaired) electrons. The first-order valence-electron chi connectivity index (χ1n) is 10.1. The third-order valence-corrected chi connectivity index (χ3v) is 5.26. The van der Waals surface area contributed by atoms with Crippen molar-refractivity contribution in [3.8, 4) is 11.9 Å². The number of carbonyl (C=O) groups is 1. The first-order chi connectivity index (χ1) is 15.2. The van der Waals surface area contributed by atoms with Crippen molar-refractivity contribution in [1.29, 1.82) is 5.26 Å². The molecule has 1 saturated heterocycles. The Morgan fingerprint density at radius 3 is 2.75 bits per heavy atom. The van der Waals surface area contributed by atoms with Crippen LogP contribution in [0.1, 0.15) is 26.2 Å². The van der Waals surface area contributed by atoms with Crippen molar-refractivity contribution in [3.63, 3.8) is 0 Å². The molecular formula is C22H28F2N6O2. The van der Waals surface area contributed by atoms with Crippen LogP contribution in [-0.4, -0.2) is 34.9 Å². The molecule has 0 aromatic heterocycles. The van der Waals surface area contributed by atoms with Crippen LogP contribution in [-0.2, 0) is 4.79 Å². The zero-order chi connectivity index (χ0) is 23.8.